The van der Waals surface area contributed by atoms with Gasteiger partial charge in [0, 0.05) is 11.0 Å². The fraction of sp³-hybridized carbons (Fsp3) is 1.00. The number of nitrogens with zero attached hydrogens (tertiary/aromatic N) is 3. The van der Waals surface area contributed by atoms with Crippen LogP contribution in [-0.4, -0.2) is 24.5 Å². The highest BCUT2D eigenvalue weighted by atomic mass is 16.7. The van der Waals surface area contributed by atoms with Crippen LogP contribution < -0.4 is 0 Å². The Bertz CT molecular complexity index is 326. The smallest absolute Gasteiger partial charge is 0.163 e. The van der Waals surface area contributed by atoms with E-state index >= 15 is 0 Å². The number of hydrogen-bond donors (Lipinski definition) is 0. The SMILES string of the molecule is CC1(C)OC[C@@H](C[C@@H]2CCCCC[C@H]2N=[N+]=[N-])O1. The van der Waals surface area contributed by atoms with Crippen LogP contribution in [0.25, 0.3) is 10.4 Å². The van der Waals surface area contributed by atoms with Gasteiger partial charge in [-0.2, -0.15) is 0 Å². The minimum Gasteiger partial charge on any atom is -0.348 e. The molecule has 1 heterocycles. The number of azide groups is 1. The molecule has 0 spiro atoms. The van der Waals surface area contributed by atoms with Gasteiger partial charge in [0.05, 0.1) is 12.7 Å². The van der Waals surface area contributed by atoms with Crippen LogP contribution in [0.4, 0.5) is 0 Å². The molecule has 0 N–H and O–H groups in total. The Hall–Kier alpha value is -0.770. The van der Waals surface area contributed by atoms with Crippen LogP contribution in [0.15, 0.2) is 5.11 Å². The van der Waals surface area contributed by atoms with Crippen molar-refractivity contribution in [3.63, 3.8) is 0 Å². The summed E-state index contributed by atoms with van der Waals surface area (Å²) in [7, 11) is 0. The highest BCUT2D eigenvalue weighted by Gasteiger charge is 2.35. The zero-order chi connectivity index (χ0) is 13.0. The molecule has 0 aromatic heterocycles. The molecule has 0 unspecified atom stereocenters. The van der Waals surface area contributed by atoms with Crippen LogP contribution >= 0.6 is 0 Å². The quantitative estimate of drug-likeness (QED) is 0.332. The molecule has 0 aromatic carbocycles. The first-order valence-corrected chi connectivity index (χ1v) is 6.97. The molecule has 3 atom stereocenters. The van der Waals surface area contributed by atoms with Crippen LogP contribution in [0.1, 0.15) is 52.4 Å². The third-order valence-electron chi connectivity index (χ3n) is 3.95. The average molecular weight is 253 g/mol. The van der Waals surface area contributed by atoms with E-state index in [1.165, 1.54) is 19.3 Å². The molecule has 2 aliphatic rings. The zero-order valence-electron chi connectivity index (χ0n) is 11.3. The van der Waals surface area contributed by atoms with Crippen molar-refractivity contribution in [2.45, 2.75) is 70.3 Å². The summed E-state index contributed by atoms with van der Waals surface area (Å²) >= 11 is 0. The van der Waals surface area contributed by atoms with Crippen molar-refractivity contribution in [2.24, 2.45) is 11.0 Å². The minimum atomic E-state index is -0.455. The van der Waals surface area contributed by atoms with E-state index in [-0.39, 0.29) is 12.1 Å². The van der Waals surface area contributed by atoms with Gasteiger partial charge in [0.2, 0.25) is 0 Å². The van der Waals surface area contributed by atoms with Gasteiger partial charge in [0.1, 0.15) is 0 Å². The predicted octanol–water partition coefficient (Wildman–Crippen LogP) is 3.79. The van der Waals surface area contributed by atoms with E-state index < -0.39 is 5.79 Å². The number of rotatable bonds is 3. The summed E-state index contributed by atoms with van der Waals surface area (Å²) < 4.78 is 11.5. The van der Waals surface area contributed by atoms with Crippen LogP contribution in [0.2, 0.25) is 0 Å². The summed E-state index contributed by atoms with van der Waals surface area (Å²) in [6, 6.07) is 0.143. The zero-order valence-corrected chi connectivity index (χ0v) is 11.3. The number of ether oxygens (including phenoxy) is 2. The Balaban J connectivity index is 1.94. The first-order valence-electron chi connectivity index (χ1n) is 6.97. The van der Waals surface area contributed by atoms with E-state index in [0.717, 1.165) is 19.3 Å². The Morgan fingerprint density at radius 3 is 2.72 bits per heavy atom. The summed E-state index contributed by atoms with van der Waals surface area (Å²) in [6.45, 7) is 4.56. The third-order valence-corrected chi connectivity index (χ3v) is 3.95. The van der Waals surface area contributed by atoms with Gasteiger partial charge in [0.15, 0.2) is 5.79 Å². The summed E-state index contributed by atoms with van der Waals surface area (Å²) in [5, 5.41) is 3.99. The molecule has 1 aliphatic carbocycles. The molecule has 0 amide bonds. The monoisotopic (exact) mass is 253 g/mol. The Morgan fingerprint density at radius 1 is 1.28 bits per heavy atom. The summed E-state index contributed by atoms with van der Waals surface area (Å²) in [5.74, 6) is -0.00506. The van der Waals surface area contributed by atoms with E-state index in [1.807, 2.05) is 13.8 Å². The van der Waals surface area contributed by atoms with Crippen molar-refractivity contribution < 1.29 is 9.47 Å². The molecule has 1 saturated heterocycles. The second kappa shape index (κ2) is 5.91. The highest BCUT2D eigenvalue weighted by molar-refractivity contribution is 4.84. The summed E-state index contributed by atoms with van der Waals surface area (Å²) in [4.78, 5) is 3.01. The maximum Gasteiger partial charge on any atom is 0.163 e. The maximum absolute atomic E-state index is 8.67. The van der Waals surface area contributed by atoms with E-state index in [4.69, 9.17) is 15.0 Å². The Labute approximate surface area is 108 Å². The molecule has 2 fully saturated rings. The van der Waals surface area contributed by atoms with Crippen LogP contribution in [0, 0.1) is 5.92 Å². The van der Waals surface area contributed by atoms with Crippen LogP contribution in [-0.2, 0) is 9.47 Å². The molecular weight excluding hydrogens is 230 g/mol. The molecule has 102 valence electrons. The lowest BCUT2D eigenvalue weighted by Crippen LogP contribution is -2.26. The molecule has 1 saturated carbocycles. The summed E-state index contributed by atoms with van der Waals surface area (Å²) in [5.41, 5.74) is 8.67. The van der Waals surface area contributed by atoms with Crippen LogP contribution in [0.3, 0.4) is 0 Å². The normalized spacial score (nSPS) is 35.8. The second-order valence-electron chi connectivity index (χ2n) is 5.86. The number of hydrogen-bond acceptors (Lipinski definition) is 3. The lowest BCUT2D eigenvalue weighted by molar-refractivity contribution is -0.140. The van der Waals surface area contributed by atoms with Gasteiger partial charge < -0.3 is 9.47 Å². The minimum absolute atomic E-state index is 0.143. The molecule has 0 aromatic rings. The van der Waals surface area contributed by atoms with Gasteiger partial charge in [-0.25, -0.2) is 0 Å². The topological polar surface area (TPSA) is 67.2 Å². The molecule has 5 heteroatoms. The molecule has 0 bridgehead atoms. The van der Waals surface area contributed by atoms with E-state index in [2.05, 4.69) is 10.0 Å². The second-order valence-corrected chi connectivity index (χ2v) is 5.86. The van der Waals surface area contributed by atoms with E-state index in [9.17, 15) is 0 Å². The van der Waals surface area contributed by atoms with Gasteiger partial charge in [-0.3, -0.25) is 0 Å². The Morgan fingerprint density at radius 2 is 2.06 bits per heavy atom. The molecular formula is C13H23N3O2. The first-order chi connectivity index (χ1) is 8.61. The van der Waals surface area contributed by atoms with Gasteiger partial charge in [-0.1, -0.05) is 24.4 Å². The van der Waals surface area contributed by atoms with Gasteiger partial charge in [-0.15, -0.1) is 0 Å². The fourth-order valence-corrected chi connectivity index (χ4v) is 3.08. The van der Waals surface area contributed by atoms with Crippen molar-refractivity contribution in [1.82, 2.24) is 0 Å². The standard InChI is InChI=1S/C13H23N3O2/c1-13(2)17-9-11(18-13)8-10-6-4-3-5-7-12(10)15-16-14/h10-12H,3-9H2,1-2H3/t10-,11+,12+/m0/s1. The maximum atomic E-state index is 8.67. The largest absolute Gasteiger partial charge is 0.348 e. The highest BCUT2D eigenvalue weighted by Crippen LogP contribution is 2.33. The van der Waals surface area contributed by atoms with Gasteiger partial charge in [0.25, 0.3) is 0 Å². The average Bonchev–Trinajstić information content (AvgIpc) is 2.52. The van der Waals surface area contributed by atoms with Gasteiger partial charge in [-0.05, 0) is 44.6 Å². The molecule has 18 heavy (non-hydrogen) atoms. The van der Waals surface area contributed by atoms with Crippen molar-refractivity contribution in [3.05, 3.63) is 10.4 Å². The first kappa shape index (κ1) is 13.7. The lowest BCUT2D eigenvalue weighted by atomic mass is 9.90. The third kappa shape index (κ3) is 3.61. The predicted molar refractivity (Wildman–Crippen MR) is 69.0 cm³/mol. The molecule has 0 radical (unpaired) electrons. The molecule has 1 aliphatic heterocycles. The van der Waals surface area contributed by atoms with E-state index in [0.29, 0.717) is 12.5 Å². The van der Waals surface area contributed by atoms with Crippen molar-refractivity contribution >= 4 is 0 Å². The lowest BCUT2D eigenvalue weighted by Gasteiger charge is -2.24. The van der Waals surface area contributed by atoms with Crippen molar-refractivity contribution in [3.8, 4) is 0 Å². The van der Waals surface area contributed by atoms with Gasteiger partial charge >= 0.3 is 0 Å². The fourth-order valence-electron chi connectivity index (χ4n) is 3.08. The van der Waals surface area contributed by atoms with Crippen molar-refractivity contribution in [1.29, 1.82) is 0 Å². The van der Waals surface area contributed by atoms with Crippen LogP contribution in [0.5, 0.6) is 0 Å². The molecule has 2 rings (SSSR count). The molecule has 5 nitrogen and oxygen atoms in total. The Kier molecular flexibility index (Phi) is 4.49. The van der Waals surface area contributed by atoms with E-state index in [1.54, 1.807) is 0 Å². The van der Waals surface area contributed by atoms with Crippen molar-refractivity contribution in [2.75, 3.05) is 6.61 Å². The summed E-state index contributed by atoms with van der Waals surface area (Å²) in [6.07, 6.45) is 6.93.